The predicted molar refractivity (Wildman–Crippen MR) is 91.7 cm³/mol. The van der Waals surface area contributed by atoms with E-state index in [0.29, 0.717) is 0 Å². The van der Waals surface area contributed by atoms with Gasteiger partial charge < -0.3 is 10.1 Å². The number of benzene rings is 1. The Kier molecular flexibility index (Phi) is 5.55. The van der Waals surface area contributed by atoms with Gasteiger partial charge in [-0.2, -0.15) is 0 Å². The summed E-state index contributed by atoms with van der Waals surface area (Å²) in [5.41, 5.74) is 0.207. The van der Waals surface area contributed by atoms with E-state index in [1.165, 1.54) is 30.3 Å². The van der Waals surface area contributed by atoms with E-state index in [0.717, 1.165) is 24.7 Å². The first kappa shape index (κ1) is 18.6. The van der Waals surface area contributed by atoms with Crippen LogP contribution in [0, 0.1) is 0 Å². The van der Waals surface area contributed by atoms with E-state index in [1.807, 2.05) is 5.32 Å². The largest absolute Gasteiger partial charge is 0.453 e. The lowest BCUT2D eigenvalue weighted by atomic mass is 10.2. The van der Waals surface area contributed by atoms with Gasteiger partial charge in [0.15, 0.2) is 9.84 Å². The Morgan fingerprint density at radius 2 is 1.84 bits per heavy atom. The Bertz CT molecular complexity index is 933. The molecule has 0 spiro atoms. The first-order valence-corrected chi connectivity index (χ1v) is 9.57. The molecule has 1 aromatic carbocycles. The molecule has 2 N–H and O–H groups in total. The van der Waals surface area contributed by atoms with Crippen molar-refractivity contribution in [3.63, 3.8) is 0 Å². The quantitative estimate of drug-likeness (QED) is 0.834. The molecule has 0 aliphatic carbocycles. The number of hydrogen-bond donors (Lipinski definition) is 2. The number of hydrogen-bond acceptors (Lipinski definition) is 7. The summed E-state index contributed by atoms with van der Waals surface area (Å²) in [6.07, 6.45) is 0.118. The molecule has 0 atom stereocenters. The van der Waals surface area contributed by atoms with Gasteiger partial charge in [0, 0.05) is 11.8 Å². The maximum absolute atomic E-state index is 12.3. The molecule has 0 radical (unpaired) electrons. The molecule has 0 saturated carbocycles. The van der Waals surface area contributed by atoms with Crippen molar-refractivity contribution in [3.8, 4) is 0 Å². The van der Waals surface area contributed by atoms with Crippen LogP contribution in [0.4, 0.5) is 9.80 Å². The third-order valence-corrected chi connectivity index (χ3v) is 5.00. The lowest BCUT2D eigenvalue weighted by Crippen LogP contribution is -2.30. The highest BCUT2D eigenvalue weighted by Gasteiger charge is 2.18. The van der Waals surface area contributed by atoms with Crippen LogP contribution in [0.25, 0.3) is 0 Å². The summed E-state index contributed by atoms with van der Waals surface area (Å²) in [4.78, 5) is 35.4. The highest BCUT2D eigenvalue weighted by atomic mass is 32.2. The predicted octanol–water partition coefficient (Wildman–Crippen LogP) is 1.90. The summed E-state index contributed by atoms with van der Waals surface area (Å²) in [6, 6.07) is 6.96. The molecule has 0 bridgehead atoms. The second kappa shape index (κ2) is 7.45. The SMILES string of the molecule is COC(=O)NC(=O)c1ccsc1NC(=O)c1cccc(S(C)(=O)=O)c1. The highest BCUT2D eigenvalue weighted by molar-refractivity contribution is 7.90. The van der Waals surface area contributed by atoms with Crippen LogP contribution in [0.15, 0.2) is 40.6 Å². The minimum atomic E-state index is -3.45. The monoisotopic (exact) mass is 382 g/mol. The summed E-state index contributed by atoms with van der Waals surface area (Å²) in [7, 11) is -2.33. The van der Waals surface area contributed by atoms with Crippen LogP contribution < -0.4 is 10.6 Å². The fourth-order valence-corrected chi connectivity index (χ4v) is 3.29. The van der Waals surface area contributed by atoms with Crippen molar-refractivity contribution in [1.29, 1.82) is 0 Å². The van der Waals surface area contributed by atoms with E-state index in [9.17, 15) is 22.8 Å². The normalized spacial score (nSPS) is 10.8. The highest BCUT2D eigenvalue weighted by Crippen LogP contribution is 2.24. The third kappa shape index (κ3) is 4.64. The minimum Gasteiger partial charge on any atom is -0.453 e. The summed E-state index contributed by atoms with van der Waals surface area (Å²) >= 11 is 1.08. The van der Waals surface area contributed by atoms with Crippen molar-refractivity contribution >= 4 is 44.1 Å². The van der Waals surface area contributed by atoms with Gasteiger partial charge in [-0.05, 0) is 29.6 Å². The number of alkyl carbamates (subject to hydrolysis) is 1. The van der Waals surface area contributed by atoms with Crippen molar-refractivity contribution in [2.24, 2.45) is 0 Å². The van der Waals surface area contributed by atoms with E-state index >= 15 is 0 Å². The minimum absolute atomic E-state index is 0.00925. The molecule has 1 heterocycles. The molecular formula is C15H14N2O6S2. The molecule has 2 aromatic rings. The molecule has 0 unspecified atom stereocenters. The molecule has 25 heavy (non-hydrogen) atoms. The number of methoxy groups -OCH3 is 1. The number of carbonyl (C=O) groups is 3. The number of carbonyl (C=O) groups excluding carboxylic acids is 3. The molecule has 0 aliphatic heterocycles. The van der Waals surface area contributed by atoms with Crippen LogP contribution in [-0.2, 0) is 14.6 Å². The van der Waals surface area contributed by atoms with Crippen molar-refractivity contribution in [2.75, 3.05) is 18.7 Å². The lowest BCUT2D eigenvalue weighted by molar-refractivity contribution is 0.0938. The zero-order valence-electron chi connectivity index (χ0n) is 13.2. The fourth-order valence-electron chi connectivity index (χ4n) is 1.84. The van der Waals surface area contributed by atoms with E-state index < -0.39 is 27.7 Å². The van der Waals surface area contributed by atoms with Crippen molar-refractivity contribution in [3.05, 3.63) is 46.8 Å². The molecular weight excluding hydrogens is 368 g/mol. The van der Waals surface area contributed by atoms with Crippen LogP contribution in [0.2, 0.25) is 0 Å². The van der Waals surface area contributed by atoms with Gasteiger partial charge >= 0.3 is 6.09 Å². The average Bonchev–Trinajstić information content (AvgIpc) is 3.02. The van der Waals surface area contributed by atoms with E-state index in [4.69, 9.17) is 0 Å². The van der Waals surface area contributed by atoms with Crippen LogP contribution in [0.3, 0.4) is 0 Å². The number of anilines is 1. The van der Waals surface area contributed by atoms with Crippen molar-refractivity contribution in [1.82, 2.24) is 5.32 Å². The molecule has 2 rings (SSSR count). The molecule has 0 saturated heterocycles. The van der Waals surface area contributed by atoms with E-state index in [-0.39, 0.29) is 21.0 Å². The average molecular weight is 382 g/mol. The van der Waals surface area contributed by atoms with Gasteiger partial charge in [-0.3, -0.25) is 14.9 Å². The maximum atomic E-state index is 12.3. The standard InChI is InChI=1S/C15H14N2O6S2/c1-23-15(20)17-13(19)11-6-7-24-14(11)16-12(18)9-4-3-5-10(8-9)25(2,21)22/h3-8H,1-2H3,(H,16,18)(H,17,19,20). The number of nitrogens with one attached hydrogen (secondary N) is 2. The second-order valence-corrected chi connectivity index (χ2v) is 7.80. The zero-order chi connectivity index (χ0) is 18.6. The van der Waals surface area contributed by atoms with Crippen LogP contribution in [0.1, 0.15) is 20.7 Å². The Labute approximate surface area is 147 Å². The number of sulfone groups is 1. The topological polar surface area (TPSA) is 119 Å². The number of thiophene rings is 1. The van der Waals surface area contributed by atoms with Gasteiger partial charge in [0.2, 0.25) is 0 Å². The summed E-state index contributed by atoms with van der Waals surface area (Å²) in [6.45, 7) is 0. The Balaban J connectivity index is 2.21. The third-order valence-electron chi connectivity index (χ3n) is 3.06. The first-order chi connectivity index (χ1) is 11.7. The summed E-state index contributed by atoms with van der Waals surface area (Å²) in [5, 5.41) is 6.30. The van der Waals surface area contributed by atoms with Crippen LogP contribution >= 0.6 is 11.3 Å². The molecule has 132 valence electrons. The fraction of sp³-hybridized carbons (Fsp3) is 0.133. The molecule has 0 fully saturated rings. The molecule has 10 heteroatoms. The van der Waals surface area contributed by atoms with E-state index in [2.05, 4.69) is 10.1 Å². The lowest BCUT2D eigenvalue weighted by Gasteiger charge is -2.07. The van der Waals surface area contributed by atoms with Crippen LogP contribution in [-0.4, -0.2) is 39.7 Å². The molecule has 1 aromatic heterocycles. The zero-order valence-corrected chi connectivity index (χ0v) is 14.9. The van der Waals surface area contributed by atoms with Crippen molar-refractivity contribution in [2.45, 2.75) is 4.90 Å². The van der Waals surface area contributed by atoms with Gasteiger partial charge in [-0.25, -0.2) is 13.2 Å². The van der Waals surface area contributed by atoms with Gasteiger partial charge in [0.05, 0.1) is 17.6 Å². The summed E-state index contributed by atoms with van der Waals surface area (Å²) in [5.74, 6) is -1.31. The molecule has 8 nitrogen and oxygen atoms in total. The Morgan fingerprint density at radius 3 is 2.48 bits per heavy atom. The number of imide groups is 1. The smallest absolute Gasteiger partial charge is 0.413 e. The van der Waals surface area contributed by atoms with Crippen molar-refractivity contribution < 1.29 is 27.5 Å². The maximum Gasteiger partial charge on any atom is 0.413 e. The van der Waals surface area contributed by atoms with Gasteiger partial charge in [-0.15, -0.1) is 11.3 Å². The first-order valence-electron chi connectivity index (χ1n) is 6.80. The van der Waals surface area contributed by atoms with E-state index in [1.54, 1.807) is 5.38 Å². The van der Waals surface area contributed by atoms with Gasteiger partial charge in [0.1, 0.15) is 5.00 Å². The van der Waals surface area contributed by atoms with Gasteiger partial charge in [0.25, 0.3) is 11.8 Å². The molecule has 0 aliphatic rings. The second-order valence-electron chi connectivity index (χ2n) is 4.86. The summed E-state index contributed by atoms with van der Waals surface area (Å²) < 4.78 is 27.5. The number of rotatable bonds is 4. The van der Waals surface area contributed by atoms with Crippen LogP contribution in [0.5, 0.6) is 0 Å². The van der Waals surface area contributed by atoms with Gasteiger partial charge in [-0.1, -0.05) is 6.07 Å². The Morgan fingerprint density at radius 1 is 1.12 bits per heavy atom. The number of ether oxygens (including phenoxy) is 1. The Hall–Kier alpha value is -2.72. The molecule has 3 amide bonds. The number of amides is 3.